The fourth-order valence-electron chi connectivity index (χ4n) is 1.47. The second kappa shape index (κ2) is 8.19. The van der Waals surface area contributed by atoms with E-state index < -0.39 is 0 Å². The highest BCUT2D eigenvalue weighted by atomic mass is 32.2. The minimum atomic E-state index is 0.803. The molecule has 0 fully saturated rings. The lowest BCUT2D eigenvalue weighted by Gasteiger charge is -2.03. The molecule has 1 aromatic heterocycles. The summed E-state index contributed by atoms with van der Waals surface area (Å²) in [5.41, 5.74) is 0. The van der Waals surface area contributed by atoms with E-state index in [1.165, 1.54) is 4.90 Å². The molecule has 1 aromatic carbocycles. The van der Waals surface area contributed by atoms with Gasteiger partial charge in [0.2, 0.25) is 5.16 Å². The van der Waals surface area contributed by atoms with Gasteiger partial charge in [0.15, 0.2) is 0 Å². The van der Waals surface area contributed by atoms with E-state index in [4.69, 9.17) is 0 Å². The first-order valence-electron chi connectivity index (χ1n) is 6.11. The van der Waals surface area contributed by atoms with E-state index in [9.17, 15) is 0 Å². The second-order valence-corrected chi connectivity index (χ2v) is 6.03. The van der Waals surface area contributed by atoms with Gasteiger partial charge < -0.3 is 5.32 Å². The van der Waals surface area contributed by atoms with Crippen molar-refractivity contribution in [2.24, 2.45) is 0 Å². The van der Waals surface area contributed by atoms with Gasteiger partial charge in [0, 0.05) is 22.9 Å². The van der Waals surface area contributed by atoms with Crippen LogP contribution in [0.15, 0.2) is 40.4 Å². The Kier molecular flexibility index (Phi) is 6.19. The van der Waals surface area contributed by atoms with Crippen LogP contribution in [0.3, 0.4) is 0 Å². The van der Waals surface area contributed by atoms with Gasteiger partial charge in [-0.1, -0.05) is 30.0 Å². The molecular weight excluding hydrogens is 278 g/mol. The number of tetrazole rings is 1. The van der Waals surface area contributed by atoms with Crippen LogP contribution in [0.1, 0.15) is 0 Å². The highest BCUT2D eigenvalue weighted by Gasteiger charge is 2.05. The number of hydrogen-bond acceptors (Lipinski definition) is 6. The SMILES string of the molecule is CNCCn1nnnc1SCCSc1ccccc1. The van der Waals surface area contributed by atoms with Gasteiger partial charge in [-0.2, -0.15) is 0 Å². The summed E-state index contributed by atoms with van der Waals surface area (Å²) in [7, 11) is 1.92. The van der Waals surface area contributed by atoms with Crippen LogP contribution < -0.4 is 5.32 Å². The molecule has 2 rings (SSSR count). The summed E-state index contributed by atoms with van der Waals surface area (Å²) in [4.78, 5) is 1.30. The molecule has 7 heteroatoms. The third-order valence-corrected chi connectivity index (χ3v) is 4.63. The van der Waals surface area contributed by atoms with Gasteiger partial charge in [-0.15, -0.1) is 16.9 Å². The van der Waals surface area contributed by atoms with Crippen molar-refractivity contribution in [3.63, 3.8) is 0 Å². The van der Waals surface area contributed by atoms with Gasteiger partial charge in [-0.25, -0.2) is 4.68 Å². The van der Waals surface area contributed by atoms with Crippen LogP contribution in [0, 0.1) is 0 Å². The molecule has 0 spiro atoms. The lowest BCUT2D eigenvalue weighted by Crippen LogP contribution is -2.16. The van der Waals surface area contributed by atoms with Crippen molar-refractivity contribution >= 4 is 23.5 Å². The summed E-state index contributed by atoms with van der Waals surface area (Å²) in [6.45, 7) is 1.68. The van der Waals surface area contributed by atoms with Crippen molar-refractivity contribution < 1.29 is 0 Å². The lowest BCUT2D eigenvalue weighted by molar-refractivity contribution is 0.530. The molecule has 0 atom stereocenters. The van der Waals surface area contributed by atoms with Crippen molar-refractivity contribution in [3.05, 3.63) is 30.3 Å². The average Bonchev–Trinajstić information content (AvgIpc) is 2.90. The van der Waals surface area contributed by atoms with Gasteiger partial charge in [0.05, 0.1) is 6.54 Å². The van der Waals surface area contributed by atoms with Crippen molar-refractivity contribution in [2.75, 3.05) is 25.1 Å². The Morgan fingerprint density at radius 1 is 1.16 bits per heavy atom. The third kappa shape index (κ3) is 4.85. The van der Waals surface area contributed by atoms with Crippen LogP contribution in [0.5, 0.6) is 0 Å². The van der Waals surface area contributed by atoms with Gasteiger partial charge in [0.25, 0.3) is 0 Å². The van der Waals surface area contributed by atoms with E-state index >= 15 is 0 Å². The van der Waals surface area contributed by atoms with Crippen molar-refractivity contribution in [1.82, 2.24) is 25.5 Å². The third-order valence-electron chi connectivity index (χ3n) is 2.40. The molecule has 0 aliphatic heterocycles. The maximum atomic E-state index is 4.04. The zero-order valence-electron chi connectivity index (χ0n) is 10.8. The number of hydrogen-bond donors (Lipinski definition) is 1. The van der Waals surface area contributed by atoms with Gasteiger partial charge in [-0.05, 0) is 29.6 Å². The van der Waals surface area contributed by atoms with Crippen LogP contribution in [-0.2, 0) is 6.54 Å². The van der Waals surface area contributed by atoms with E-state index in [2.05, 4.69) is 45.1 Å². The molecule has 102 valence electrons. The summed E-state index contributed by atoms with van der Waals surface area (Å²) in [6.07, 6.45) is 0. The minimum Gasteiger partial charge on any atom is -0.318 e. The molecule has 5 nitrogen and oxygen atoms in total. The molecule has 0 saturated heterocycles. The molecule has 0 unspecified atom stereocenters. The highest BCUT2D eigenvalue weighted by Crippen LogP contribution is 2.21. The Bertz CT molecular complexity index is 474. The number of nitrogens with one attached hydrogen (secondary N) is 1. The summed E-state index contributed by atoms with van der Waals surface area (Å²) in [6, 6.07) is 10.4. The Hall–Kier alpha value is -1.05. The molecule has 0 bridgehead atoms. The molecule has 0 aliphatic rings. The maximum Gasteiger partial charge on any atom is 0.209 e. The molecular formula is C12H17N5S2. The predicted molar refractivity (Wildman–Crippen MR) is 79.6 cm³/mol. The summed E-state index contributed by atoms with van der Waals surface area (Å²) >= 11 is 3.56. The maximum absolute atomic E-state index is 4.04. The molecule has 1 N–H and O–H groups in total. The summed E-state index contributed by atoms with van der Waals surface area (Å²) in [5.74, 6) is 2.05. The Balaban J connectivity index is 1.72. The monoisotopic (exact) mass is 295 g/mol. The number of thioether (sulfide) groups is 2. The molecule has 1 heterocycles. The number of likely N-dealkylation sites (N-methyl/N-ethyl adjacent to an activating group) is 1. The first-order chi connectivity index (χ1) is 9.40. The second-order valence-electron chi connectivity index (χ2n) is 3.80. The first-order valence-corrected chi connectivity index (χ1v) is 8.08. The van der Waals surface area contributed by atoms with Crippen molar-refractivity contribution in [3.8, 4) is 0 Å². The van der Waals surface area contributed by atoms with E-state index in [0.717, 1.165) is 29.8 Å². The first kappa shape index (κ1) is 14.4. The molecule has 0 saturated carbocycles. The highest BCUT2D eigenvalue weighted by molar-refractivity contribution is 8.02. The zero-order valence-corrected chi connectivity index (χ0v) is 12.5. The Morgan fingerprint density at radius 3 is 2.74 bits per heavy atom. The topological polar surface area (TPSA) is 55.6 Å². The average molecular weight is 295 g/mol. The molecule has 0 aliphatic carbocycles. The smallest absolute Gasteiger partial charge is 0.209 e. The lowest BCUT2D eigenvalue weighted by atomic mass is 10.4. The quantitative estimate of drug-likeness (QED) is 0.592. The fourth-order valence-corrected chi connectivity index (χ4v) is 3.27. The van der Waals surface area contributed by atoms with E-state index in [-0.39, 0.29) is 0 Å². The van der Waals surface area contributed by atoms with Crippen LogP contribution in [-0.4, -0.2) is 45.3 Å². The van der Waals surface area contributed by atoms with Crippen molar-refractivity contribution in [2.45, 2.75) is 16.6 Å². The normalized spacial score (nSPS) is 10.8. The number of benzene rings is 1. The van der Waals surface area contributed by atoms with E-state index in [1.54, 1.807) is 11.8 Å². The predicted octanol–water partition coefficient (Wildman–Crippen LogP) is 1.78. The van der Waals surface area contributed by atoms with Gasteiger partial charge in [-0.3, -0.25) is 0 Å². The van der Waals surface area contributed by atoms with Crippen molar-refractivity contribution in [1.29, 1.82) is 0 Å². The van der Waals surface area contributed by atoms with Gasteiger partial charge >= 0.3 is 0 Å². The molecule has 0 radical (unpaired) electrons. The van der Waals surface area contributed by atoms with E-state index in [0.29, 0.717) is 0 Å². The molecule has 2 aromatic rings. The van der Waals surface area contributed by atoms with E-state index in [1.807, 2.05) is 29.6 Å². The fraction of sp³-hybridized carbons (Fsp3) is 0.417. The largest absolute Gasteiger partial charge is 0.318 e. The standard InChI is InChI=1S/C12H17N5S2/c1-13-7-8-17-12(14-15-16-17)19-10-9-18-11-5-3-2-4-6-11/h2-6,13H,7-10H2,1H3. The Morgan fingerprint density at radius 2 is 1.95 bits per heavy atom. The van der Waals surface area contributed by atoms with Crippen LogP contribution in [0.2, 0.25) is 0 Å². The van der Waals surface area contributed by atoms with Crippen LogP contribution in [0.4, 0.5) is 0 Å². The zero-order chi connectivity index (χ0) is 13.3. The molecule has 0 amide bonds. The van der Waals surface area contributed by atoms with Crippen LogP contribution in [0.25, 0.3) is 0 Å². The van der Waals surface area contributed by atoms with Crippen LogP contribution >= 0.6 is 23.5 Å². The Labute approximate surface area is 121 Å². The summed E-state index contributed by atoms with van der Waals surface area (Å²) in [5, 5.41) is 15.7. The minimum absolute atomic E-state index is 0.803. The number of nitrogens with zero attached hydrogens (tertiary/aromatic N) is 4. The number of rotatable bonds is 8. The summed E-state index contributed by atoms with van der Waals surface area (Å²) < 4.78 is 1.84. The van der Waals surface area contributed by atoms with Gasteiger partial charge in [0.1, 0.15) is 0 Å². The number of aromatic nitrogens is 4. The molecule has 19 heavy (non-hydrogen) atoms.